The van der Waals surface area contributed by atoms with Gasteiger partial charge < -0.3 is 24.8 Å². The Bertz CT molecular complexity index is 335. The Kier molecular flexibility index (Phi) is 8.07. The molecule has 122 valence electrons. The SMILES string of the molecule is CC(C)OCCCCNC(=O)N1CCOCC1CC(=O)O. The Morgan fingerprint density at radius 3 is 2.86 bits per heavy atom. The molecule has 1 heterocycles. The first-order valence-electron chi connectivity index (χ1n) is 7.46. The van der Waals surface area contributed by atoms with E-state index in [-0.39, 0.29) is 31.2 Å². The topological polar surface area (TPSA) is 88.1 Å². The highest BCUT2D eigenvalue weighted by Crippen LogP contribution is 2.10. The Morgan fingerprint density at radius 1 is 1.43 bits per heavy atom. The normalized spacial score (nSPS) is 18.8. The van der Waals surface area contributed by atoms with Crippen LogP contribution in [0.1, 0.15) is 33.1 Å². The van der Waals surface area contributed by atoms with Gasteiger partial charge in [-0.15, -0.1) is 0 Å². The van der Waals surface area contributed by atoms with Crippen LogP contribution < -0.4 is 5.32 Å². The molecular formula is C14H26N2O5. The van der Waals surface area contributed by atoms with Crippen molar-refractivity contribution in [2.75, 3.05) is 32.9 Å². The molecule has 7 heteroatoms. The van der Waals surface area contributed by atoms with Gasteiger partial charge in [0.15, 0.2) is 0 Å². The molecular weight excluding hydrogens is 276 g/mol. The third kappa shape index (κ3) is 7.29. The number of aliphatic carboxylic acids is 1. The van der Waals surface area contributed by atoms with Gasteiger partial charge in [-0.2, -0.15) is 0 Å². The number of ether oxygens (including phenoxy) is 2. The molecule has 1 unspecified atom stereocenters. The molecule has 0 spiro atoms. The average molecular weight is 302 g/mol. The van der Waals surface area contributed by atoms with Crippen molar-refractivity contribution in [3.63, 3.8) is 0 Å². The molecule has 2 amide bonds. The minimum Gasteiger partial charge on any atom is -0.481 e. The summed E-state index contributed by atoms with van der Waals surface area (Å²) in [6, 6.07) is -0.602. The van der Waals surface area contributed by atoms with Gasteiger partial charge in [0.25, 0.3) is 0 Å². The van der Waals surface area contributed by atoms with Gasteiger partial charge >= 0.3 is 12.0 Å². The molecule has 2 N–H and O–H groups in total. The third-order valence-electron chi connectivity index (χ3n) is 3.20. The molecule has 0 aliphatic carbocycles. The first-order chi connectivity index (χ1) is 10.0. The van der Waals surface area contributed by atoms with Crippen LogP contribution in [0, 0.1) is 0 Å². The number of carbonyl (C=O) groups excluding carboxylic acids is 1. The van der Waals surface area contributed by atoms with Crippen LogP contribution in [0.2, 0.25) is 0 Å². The maximum atomic E-state index is 12.1. The second-order valence-corrected chi connectivity index (χ2v) is 5.38. The fourth-order valence-corrected chi connectivity index (χ4v) is 2.14. The predicted molar refractivity (Wildman–Crippen MR) is 77.3 cm³/mol. The van der Waals surface area contributed by atoms with Crippen LogP contribution in [0.25, 0.3) is 0 Å². The monoisotopic (exact) mass is 302 g/mol. The zero-order chi connectivity index (χ0) is 15.7. The van der Waals surface area contributed by atoms with Crippen LogP contribution in [-0.2, 0) is 14.3 Å². The summed E-state index contributed by atoms with van der Waals surface area (Å²) in [4.78, 5) is 24.4. The lowest BCUT2D eigenvalue weighted by Gasteiger charge is -2.34. The predicted octanol–water partition coefficient (Wildman–Crippen LogP) is 1.08. The van der Waals surface area contributed by atoms with Crippen LogP contribution in [-0.4, -0.2) is 67.1 Å². The number of carboxylic acids is 1. The summed E-state index contributed by atoms with van der Waals surface area (Å²) in [7, 11) is 0. The van der Waals surface area contributed by atoms with E-state index >= 15 is 0 Å². The van der Waals surface area contributed by atoms with Crippen LogP contribution in [0.15, 0.2) is 0 Å². The lowest BCUT2D eigenvalue weighted by atomic mass is 10.1. The van der Waals surface area contributed by atoms with E-state index in [4.69, 9.17) is 14.6 Å². The van der Waals surface area contributed by atoms with Gasteiger partial charge in [0.2, 0.25) is 0 Å². The fourth-order valence-electron chi connectivity index (χ4n) is 2.14. The van der Waals surface area contributed by atoms with Gasteiger partial charge in [-0.3, -0.25) is 4.79 Å². The van der Waals surface area contributed by atoms with Gasteiger partial charge in [0.1, 0.15) is 0 Å². The van der Waals surface area contributed by atoms with Crippen molar-refractivity contribution in [2.24, 2.45) is 0 Å². The summed E-state index contributed by atoms with van der Waals surface area (Å²) in [6.45, 7) is 6.39. The van der Waals surface area contributed by atoms with Crippen molar-refractivity contribution >= 4 is 12.0 Å². The molecule has 0 bridgehead atoms. The molecule has 0 aromatic carbocycles. The van der Waals surface area contributed by atoms with Crippen molar-refractivity contribution in [2.45, 2.75) is 45.3 Å². The fraction of sp³-hybridized carbons (Fsp3) is 0.857. The molecule has 1 rings (SSSR count). The number of rotatable bonds is 8. The van der Waals surface area contributed by atoms with Crippen LogP contribution in [0.3, 0.4) is 0 Å². The van der Waals surface area contributed by atoms with E-state index in [0.29, 0.717) is 26.3 Å². The Balaban J connectivity index is 2.24. The summed E-state index contributed by atoms with van der Waals surface area (Å²) in [5.74, 6) is -0.922. The largest absolute Gasteiger partial charge is 0.481 e. The molecule has 0 saturated carbocycles. The quantitative estimate of drug-likeness (QED) is 0.655. The first-order valence-corrected chi connectivity index (χ1v) is 7.46. The minimum absolute atomic E-state index is 0.0877. The van der Waals surface area contributed by atoms with E-state index in [1.807, 2.05) is 13.8 Å². The average Bonchev–Trinajstić information content (AvgIpc) is 2.42. The summed E-state index contributed by atoms with van der Waals surface area (Å²) in [6.07, 6.45) is 1.87. The molecule has 1 fully saturated rings. The van der Waals surface area contributed by atoms with E-state index in [0.717, 1.165) is 12.8 Å². The number of hydrogen-bond acceptors (Lipinski definition) is 4. The van der Waals surface area contributed by atoms with Crippen molar-refractivity contribution in [1.82, 2.24) is 10.2 Å². The highest BCUT2D eigenvalue weighted by molar-refractivity contribution is 5.76. The van der Waals surface area contributed by atoms with Crippen molar-refractivity contribution < 1.29 is 24.2 Å². The summed E-state index contributed by atoms with van der Waals surface area (Å²) in [5, 5.41) is 11.7. The van der Waals surface area contributed by atoms with Gasteiger partial charge in [0.05, 0.1) is 31.8 Å². The van der Waals surface area contributed by atoms with E-state index in [2.05, 4.69) is 5.32 Å². The molecule has 0 aromatic heterocycles. The molecule has 1 atom stereocenters. The highest BCUT2D eigenvalue weighted by Gasteiger charge is 2.28. The molecule has 1 aliphatic heterocycles. The second kappa shape index (κ2) is 9.57. The number of nitrogens with one attached hydrogen (secondary N) is 1. The summed E-state index contributed by atoms with van der Waals surface area (Å²) < 4.78 is 10.7. The van der Waals surface area contributed by atoms with Gasteiger partial charge in [-0.25, -0.2) is 4.79 Å². The van der Waals surface area contributed by atoms with Gasteiger partial charge in [-0.1, -0.05) is 0 Å². The minimum atomic E-state index is -0.922. The molecule has 1 aliphatic rings. The number of unbranched alkanes of at least 4 members (excludes halogenated alkanes) is 1. The molecule has 0 aromatic rings. The molecule has 21 heavy (non-hydrogen) atoms. The van der Waals surface area contributed by atoms with Gasteiger partial charge in [0, 0.05) is 19.7 Å². The molecule has 7 nitrogen and oxygen atoms in total. The maximum Gasteiger partial charge on any atom is 0.317 e. The number of carboxylic acid groups (broad SMARTS) is 1. The summed E-state index contributed by atoms with van der Waals surface area (Å²) in [5.41, 5.74) is 0. The van der Waals surface area contributed by atoms with Crippen molar-refractivity contribution in [3.05, 3.63) is 0 Å². The Labute approximate surface area is 125 Å². The zero-order valence-electron chi connectivity index (χ0n) is 12.8. The van der Waals surface area contributed by atoms with E-state index in [9.17, 15) is 9.59 Å². The number of carbonyl (C=O) groups is 2. The highest BCUT2D eigenvalue weighted by atomic mass is 16.5. The van der Waals surface area contributed by atoms with Crippen LogP contribution in [0.5, 0.6) is 0 Å². The van der Waals surface area contributed by atoms with E-state index in [1.165, 1.54) is 0 Å². The number of morpholine rings is 1. The zero-order valence-corrected chi connectivity index (χ0v) is 12.8. The lowest BCUT2D eigenvalue weighted by molar-refractivity contribution is -0.139. The number of amides is 2. The van der Waals surface area contributed by atoms with Gasteiger partial charge in [-0.05, 0) is 26.7 Å². The number of urea groups is 1. The van der Waals surface area contributed by atoms with E-state index < -0.39 is 5.97 Å². The lowest BCUT2D eigenvalue weighted by Crippen LogP contribution is -2.53. The molecule has 0 radical (unpaired) electrons. The third-order valence-corrected chi connectivity index (χ3v) is 3.20. The van der Waals surface area contributed by atoms with Crippen LogP contribution in [0.4, 0.5) is 4.79 Å². The second-order valence-electron chi connectivity index (χ2n) is 5.38. The van der Waals surface area contributed by atoms with E-state index in [1.54, 1.807) is 4.90 Å². The standard InChI is InChI=1S/C14H26N2O5/c1-11(2)21-7-4-3-5-15-14(19)16-6-8-20-10-12(16)9-13(17)18/h11-12H,3-10H2,1-2H3,(H,15,19)(H,17,18). The van der Waals surface area contributed by atoms with Crippen molar-refractivity contribution in [1.29, 1.82) is 0 Å². The number of hydrogen-bond donors (Lipinski definition) is 2. The smallest absolute Gasteiger partial charge is 0.317 e. The summed E-state index contributed by atoms with van der Waals surface area (Å²) >= 11 is 0. The Hall–Kier alpha value is -1.34. The van der Waals surface area contributed by atoms with Crippen LogP contribution >= 0.6 is 0 Å². The van der Waals surface area contributed by atoms with Crippen molar-refractivity contribution in [3.8, 4) is 0 Å². The Morgan fingerprint density at radius 2 is 2.19 bits per heavy atom. The first kappa shape index (κ1) is 17.7. The number of nitrogens with zero attached hydrogens (tertiary/aromatic N) is 1. The molecule has 1 saturated heterocycles. The maximum absolute atomic E-state index is 12.1.